The molecule has 0 spiro atoms. The number of hydrogen-bond acceptors (Lipinski definition) is 8. The maximum atomic E-state index is 12.9. The van der Waals surface area contributed by atoms with E-state index in [1.807, 2.05) is 37.4 Å². The Bertz CT molecular complexity index is 1570. The van der Waals surface area contributed by atoms with Gasteiger partial charge in [0.2, 0.25) is 15.9 Å². The first kappa shape index (κ1) is 25.1. The van der Waals surface area contributed by atoms with Gasteiger partial charge in [-0.3, -0.25) is 0 Å². The minimum Gasteiger partial charge on any atom is -0.481 e. The predicted octanol–water partition coefficient (Wildman–Crippen LogP) is 3.48. The van der Waals surface area contributed by atoms with E-state index in [9.17, 15) is 8.42 Å². The average Bonchev–Trinajstić information content (AvgIpc) is 3.37. The molecule has 1 N–H and O–H groups in total. The fraction of sp³-hybridized carbons (Fsp3) is 0.346. The van der Waals surface area contributed by atoms with Gasteiger partial charge in [0.15, 0.2) is 5.82 Å². The number of H-pyrrole nitrogens is 1. The van der Waals surface area contributed by atoms with Crippen molar-refractivity contribution < 1.29 is 17.9 Å². The largest absolute Gasteiger partial charge is 0.481 e. The number of methoxy groups -OCH3 is 1. The van der Waals surface area contributed by atoms with Crippen molar-refractivity contribution in [3.05, 3.63) is 48.2 Å². The van der Waals surface area contributed by atoms with Crippen molar-refractivity contribution in [3.63, 3.8) is 0 Å². The molecule has 4 aromatic rings. The Hall–Kier alpha value is -3.54. The van der Waals surface area contributed by atoms with Crippen LogP contribution in [0.15, 0.2) is 47.5 Å². The predicted molar refractivity (Wildman–Crippen MR) is 142 cm³/mol. The van der Waals surface area contributed by atoms with E-state index < -0.39 is 10.0 Å². The van der Waals surface area contributed by atoms with Crippen molar-refractivity contribution in [2.75, 3.05) is 45.9 Å². The summed E-state index contributed by atoms with van der Waals surface area (Å²) < 4.78 is 38.1. The van der Waals surface area contributed by atoms with Gasteiger partial charge in [-0.15, -0.1) is 0 Å². The van der Waals surface area contributed by atoms with E-state index in [-0.39, 0.29) is 10.9 Å². The summed E-state index contributed by atoms with van der Waals surface area (Å²) in [6.45, 7) is 5.91. The van der Waals surface area contributed by atoms with Crippen molar-refractivity contribution in [1.29, 1.82) is 0 Å². The van der Waals surface area contributed by atoms with Crippen LogP contribution in [0.4, 0.5) is 5.82 Å². The van der Waals surface area contributed by atoms with Gasteiger partial charge in [-0.1, -0.05) is 6.07 Å². The van der Waals surface area contributed by atoms with Crippen LogP contribution in [0.1, 0.15) is 12.5 Å². The number of aryl methyl sites for hydroxylation is 1. The minimum absolute atomic E-state index is 0.116. The highest BCUT2D eigenvalue weighted by Gasteiger charge is 2.24. The standard InChI is InChI=1S/C26H30N6O4S/c1-16-6-7-18(37(33,34)31(3)4)12-20(16)22-14-23(32-10-11-36-15-17(32)2)29-26(28-22)21-13-24(35-5)30-25-19(21)8-9-27-25/h6-9,12-14,17H,10-11,15H2,1-5H3,(H,27,30)/t17-/m1/s1. The van der Waals surface area contributed by atoms with Crippen LogP contribution in [-0.4, -0.2) is 79.7 Å². The third kappa shape index (κ3) is 4.65. The topological polar surface area (TPSA) is 114 Å². The number of sulfonamides is 1. The lowest BCUT2D eigenvalue weighted by Crippen LogP contribution is -2.44. The number of pyridine rings is 1. The summed E-state index contributed by atoms with van der Waals surface area (Å²) in [6, 6.07) is 10.9. The number of nitrogens with zero attached hydrogens (tertiary/aromatic N) is 5. The first-order chi connectivity index (χ1) is 17.7. The van der Waals surface area contributed by atoms with Gasteiger partial charge >= 0.3 is 0 Å². The van der Waals surface area contributed by atoms with Crippen LogP contribution in [0.5, 0.6) is 5.88 Å². The van der Waals surface area contributed by atoms with Gasteiger partial charge in [-0.05, 0) is 37.6 Å². The summed E-state index contributed by atoms with van der Waals surface area (Å²) in [5.41, 5.74) is 3.69. The monoisotopic (exact) mass is 522 g/mol. The molecule has 3 aromatic heterocycles. The highest BCUT2D eigenvalue weighted by atomic mass is 32.2. The second kappa shape index (κ2) is 9.73. The third-order valence-electron chi connectivity index (χ3n) is 6.59. The molecule has 5 rings (SSSR count). The molecule has 11 heteroatoms. The molecule has 0 bridgehead atoms. The molecule has 4 heterocycles. The lowest BCUT2D eigenvalue weighted by Gasteiger charge is -2.34. The molecular formula is C26H30N6O4S. The summed E-state index contributed by atoms with van der Waals surface area (Å²) in [5.74, 6) is 1.68. The molecule has 0 aliphatic carbocycles. The van der Waals surface area contributed by atoms with E-state index in [4.69, 9.17) is 19.4 Å². The molecule has 1 aliphatic rings. The number of rotatable bonds is 6. The van der Waals surface area contributed by atoms with Gasteiger partial charge in [-0.25, -0.2) is 22.7 Å². The number of fused-ring (bicyclic) bond motifs is 1. The quantitative estimate of drug-likeness (QED) is 0.410. The zero-order valence-corrected chi connectivity index (χ0v) is 22.3. The van der Waals surface area contributed by atoms with E-state index in [0.717, 1.165) is 27.9 Å². The van der Waals surface area contributed by atoms with E-state index >= 15 is 0 Å². The second-order valence-electron chi connectivity index (χ2n) is 9.27. The second-order valence-corrected chi connectivity index (χ2v) is 11.4. The highest BCUT2D eigenvalue weighted by Crippen LogP contribution is 2.34. The molecule has 37 heavy (non-hydrogen) atoms. The fourth-order valence-corrected chi connectivity index (χ4v) is 5.39. The van der Waals surface area contributed by atoms with Crippen LogP contribution in [-0.2, 0) is 14.8 Å². The van der Waals surface area contributed by atoms with E-state index in [2.05, 4.69) is 21.8 Å². The van der Waals surface area contributed by atoms with Crippen molar-refractivity contribution in [2.45, 2.75) is 24.8 Å². The lowest BCUT2D eigenvalue weighted by molar-refractivity contribution is 0.0985. The van der Waals surface area contributed by atoms with Crippen LogP contribution in [0.25, 0.3) is 33.7 Å². The summed E-state index contributed by atoms with van der Waals surface area (Å²) >= 11 is 0. The number of ether oxygens (including phenoxy) is 2. The maximum Gasteiger partial charge on any atom is 0.242 e. The lowest BCUT2D eigenvalue weighted by atomic mass is 10.0. The summed E-state index contributed by atoms with van der Waals surface area (Å²) in [7, 11) is 0.991. The summed E-state index contributed by atoms with van der Waals surface area (Å²) in [5, 5.41) is 0.861. The highest BCUT2D eigenvalue weighted by molar-refractivity contribution is 7.89. The van der Waals surface area contributed by atoms with Crippen LogP contribution >= 0.6 is 0 Å². The van der Waals surface area contributed by atoms with Gasteiger partial charge in [0.1, 0.15) is 11.5 Å². The molecule has 10 nitrogen and oxygen atoms in total. The van der Waals surface area contributed by atoms with Crippen molar-refractivity contribution >= 4 is 26.9 Å². The fourth-order valence-electron chi connectivity index (χ4n) is 4.46. The van der Waals surface area contributed by atoms with Gasteiger partial charge in [0.05, 0.1) is 37.0 Å². The SMILES string of the molecule is COc1cc(-c2nc(-c3cc(S(=O)(=O)N(C)C)ccc3C)cc(N3CCOC[C@H]3C)n2)c2cc[nH]c2n1. The molecule has 1 aromatic carbocycles. The van der Waals surface area contributed by atoms with Crippen molar-refractivity contribution in [2.24, 2.45) is 0 Å². The van der Waals surface area contributed by atoms with Crippen molar-refractivity contribution in [3.8, 4) is 28.5 Å². The van der Waals surface area contributed by atoms with E-state index in [0.29, 0.717) is 42.8 Å². The Morgan fingerprint density at radius 3 is 2.65 bits per heavy atom. The number of morpholine rings is 1. The molecule has 1 atom stereocenters. The normalized spacial score (nSPS) is 16.5. The maximum absolute atomic E-state index is 12.9. The van der Waals surface area contributed by atoms with Gasteiger partial charge in [0.25, 0.3) is 0 Å². The number of benzene rings is 1. The average molecular weight is 523 g/mol. The number of aromatic nitrogens is 4. The minimum atomic E-state index is -3.62. The van der Waals surface area contributed by atoms with Gasteiger partial charge in [0, 0.05) is 55.5 Å². The van der Waals surface area contributed by atoms with Gasteiger partial charge in [-0.2, -0.15) is 4.98 Å². The number of aromatic amines is 1. The molecule has 0 unspecified atom stereocenters. The number of hydrogen-bond donors (Lipinski definition) is 1. The Kier molecular flexibility index (Phi) is 6.61. The molecule has 1 fully saturated rings. The van der Waals surface area contributed by atoms with E-state index in [1.54, 1.807) is 19.2 Å². The number of anilines is 1. The van der Waals surface area contributed by atoms with Crippen LogP contribution < -0.4 is 9.64 Å². The Morgan fingerprint density at radius 2 is 1.92 bits per heavy atom. The molecular weight excluding hydrogens is 492 g/mol. The third-order valence-corrected chi connectivity index (χ3v) is 8.40. The molecule has 1 saturated heterocycles. The van der Waals surface area contributed by atoms with Gasteiger partial charge < -0.3 is 19.4 Å². The summed E-state index contributed by atoms with van der Waals surface area (Å²) in [4.78, 5) is 19.9. The van der Waals surface area contributed by atoms with Crippen LogP contribution in [0, 0.1) is 6.92 Å². The molecule has 1 aliphatic heterocycles. The van der Waals surface area contributed by atoms with Crippen LogP contribution in [0.3, 0.4) is 0 Å². The Labute approximate surface area is 216 Å². The van der Waals surface area contributed by atoms with E-state index in [1.165, 1.54) is 18.4 Å². The van der Waals surface area contributed by atoms with Crippen LogP contribution in [0.2, 0.25) is 0 Å². The Balaban J connectivity index is 1.75. The zero-order chi connectivity index (χ0) is 26.3. The first-order valence-corrected chi connectivity index (χ1v) is 13.4. The molecule has 0 radical (unpaired) electrons. The molecule has 0 amide bonds. The number of nitrogens with one attached hydrogen (secondary N) is 1. The summed E-state index contributed by atoms with van der Waals surface area (Å²) in [6.07, 6.45) is 1.81. The smallest absolute Gasteiger partial charge is 0.242 e. The Morgan fingerprint density at radius 1 is 1.11 bits per heavy atom. The molecule has 194 valence electrons. The molecule has 0 saturated carbocycles. The first-order valence-electron chi connectivity index (χ1n) is 12.0. The van der Waals surface area contributed by atoms with Crippen molar-refractivity contribution in [1.82, 2.24) is 24.2 Å². The zero-order valence-electron chi connectivity index (χ0n) is 21.5.